The number of benzene rings is 1. The Kier molecular flexibility index (Phi) is 2.69. The van der Waals surface area contributed by atoms with Crippen LogP contribution in [0.15, 0.2) is 22.7 Å². The van der Waals surface area contributed by atoms with E-state index >= 15 is 0 Å². The molecule has 1 saturated heterocycles. The minimum absolute atomic E-state index is 0.0281. The fourth-order valence-electron chi connectivity index (χ4n) is 2.81. The molecular formula is C13H16BrNO2. The minimum atomic E-state index is -0.222. The van der Waals surface area contributed by atoms with Crippen molar-refractivity contribution in [2.24, 2.45) is 5.73 Å². The lowest BCUT2D eigenvalue weighted by atomic mass is 9.83. The molecule has 1 spiro atoms. The maximum Gasteiger partial charge on any atom is 0.139 e. The summed E-state index contributed by atoms with van der Waals surface area (Å²) in [6.07, 6.45) is 1.87. The van der Waals surface area contributed by atoms with Gasteiger partial charge < -0.3 is 15.2 Å². The summed E-state index contributed by atoms with van der Waals surface area (Å²) in [5.41, 5.74) is 7.14. The largest absolute Gasteiger partial charge is 0.484 e. The topological polar surface area (TPSA) is 44.5 Å². The van der Waals surface area contributed by atoms with Crippen LogP contribution in [0.25, 0.3) is 0 Å². The first-order valence-corrected chi connectivity index (χ1v) is 6.76. The van der Waals surface area contributed by atoms with Crippen molar-refractivity contribution in [3.8, 4) is 5.75 Å². The smallest absolute Gasteiger partial charge is 0.139 e. The standard InChI is InChI=1S/C13H16BrNO2/c1-8-13(4-5-16-8)7-11(15)10-6-9(14)2-3-12(10)17-13/h2-3,6,8,11H,4-5,7,15H2,1H3/t8?,11-,13?/m1/s1. The van der Waals surface area contributed by atoms with Crippen LogP contribution in [-0.4, -0.2) is 18.3 Å². The summed E-state index contributed by atoms with van der Waals surface area (Å²) >= 11 is 3.47. The molecular weight excluding hydrogens is 282 g/mol. The highest BCUT2D eigenvalue weighted by Crippen LogP contribution is 2.45. The van der Waals surface area contributed by atoms with Gasteiger partial charge in [0.15, 0.2) is 0 Å². The first-order valence-electron chi connectivity index (χ1n) is 5.96. The van der Waals surface area contributed by atoms with E-state index in [1.165, 1.54) is 0 Å². The number of hydrogen-bond donors (Lipinski definition) is 1. The van der Waals surface area contributed by atoms with Crippen LogP contribution in [0, 0.1) is 0 Å². The molecule has 1 aromatic rings. The molecule has 0 aliphatic carbocycles. The SMILES string of the molecule is CC1OCCC12C[C@@H](N)c1cc(Br)ccc1O2. The Morgan fingerprint density at radius 1 is 1.47 bits per heavy atom. The van der Waals surface area contributed by atoms with Crippen LogP contribution in [0.1, 0.15) is 31.4 Å². The van der Waals surface area contributed by atoms with Gasteiger partial charge in [-0.05, 0) is 25.1 Å². The first-order chi connectivity index (χ1) is 8.11. The van der Waals surface area contributed by atoms with Crippen molar-refractivity contribution >= 4 is 15.9 Å². The second-order valence-electron chi connectivity index (χ2n) is 4.92. The van der Waals surface area contributed by atoms with Crippen LogP contribution in [0.2, 0.25) is 0 Å². The molecule has 2 unspecified atom stereocenters. The zero-order chi connectivity index (χ0) is 12.0. The Morgan fingerprint density at radius 3 is 3.00 bits per heavy atom. The Balaban J connectivity index is 2.01. The first kappa shape index (κ1) is 11.5. The number of fused-ring (bicyclic) bond motifs is 1. The van der Waals surface area contributed by atoms with E-state index in [9.17, 15) is 0 Å². The molecule has 2 heterocycles. The normalized spacial score (nSPS) is 35.7. The molecule has 0 bridgehead atoms. The molecule has 2 aliphatic heterocycles. The van der Waals surface area contributed by atoms with E-state index in [2.05, 4.69) is 22.9 Å². The predicted molar refractivity (Wildman–Crippen MR) is 69.1 cm³/mol. The summed E-state index contributed by atoms with van der Waals surface area (Å²) in [5, 5.41) is 0. The van der Waals surface area contributed by atoms with Crippen LogP contribution >= 0.6 is 15.9 Å². The van der Waals surface area contributed by atoms with Crippen LogP contribution < -0.4 is 10.5 Å². The average Bonchev–Trinajstić information content (AvgIpc) is 2.62. The van der Waals surface area contributed by atoms with Gasteiger partial charge >= 0.3 is 0 Å². The third-order valence-corrected chi connectivity index (χ3v) is 4.38. The summed E-state index contributed by atoms with van der Waals surface area (Å²) < 4.78 is 12.9. The Morgan fingerprint density at radius 2 is 2.29 bits per heavy atom. The average molecular weight is 298 g/mol. The van der Waals surface area contributed by atoms with Gasteiger partial charge in [-0.25, -0.2) is 0 Å². The molecule has 0 aromatic heterocycles. The zero-order valence-corrected chi connectivity index (χ0v) is 11.4. The van der Waals surface area contributed by atoms with Gasteiger partial charge in [-0.3, -0.25) is 0 Å². The fraction of sp³-hybridized carbons (Fsp3) is 0.538. The maximum atomic E-state index is 6.28. The van der Waals surface area contributed by atoms with Gasteiger partial charge in [0.25, 0.3) is 0 Å². The summed E-state index contributed by atoms with van der Waals surface area (Å²) in [7, 11) is 0. The van der Waals surface area contributed by atoms with E-state index in [-0.39, 0.29) is 17.7 Å². The van der Waals surface area contributed by atoms with E-state index in [1.54, 1.807) is 0 Å². The molecule has 0 saturated carbocycles. The quantitative estimate of drug-likeness (QED) is 0.801. The van der Waals surface area contributed by atoms with Crippen LogP contribution in [0.3, 0.4) is 0 Å². The summed E-state index contributed by atoms with van der Waals surface area (Å²) in [5.74, 6) is 0.907. The van der Waals surface area contributed by atoms with Crippen LogP contribution in [0.4, 0.5) is 0 Å². The number of nitrogens with two attached hydrogens (primary N) is 1. The second kappa shape index (κ2) is 3.97. The van der Waals surface area contributed by atoms with Crippen molar-refractivity contribution < 1.29 is 9.47 Å². The lowest BCUT2D eigenvalue weighted by Gasteiger charge is -2.40. The van der Waals surface area contributed by atoms with E-state index < -0.39 is 0 Å². The Hall–Kier alpha value is -0.580. The highest BCUT2D eigenvalue weighted by Gasteiger charge is 2.48. The predicted octanol–water partition coefficient (Wildman–Crippen LogP) is 2.78. The van der Waals surface area contributed by atoms with Crippen molar-refractivity contribution in [2.45, 2.75) is 37.5 Å². The number of ether oxygens (including phenoxy) is 2. The van der Waals surface area contributed by atoms with Crippen molar-refractivity contribution in [1.29, 1.82) is 0 Å². The van der Waals surface area contributed by atoms with E-state index in [1.807, 2.05) is 18.2 Å². The third kappa shape index (κ3) is 1.79. The van der Waals surface area contributed by atoms with Crippen molar-refractivity contribution in [3.63, 3.8) is 0 Å². The summed E-state index contributed by atoms with van der Waals surface area (Å²) in [6.45, 7) is 2.84. The molecule has 3 nitrogen and oxygen atoms in total. The molecule has 17 heavy (non-hydrogen) atoms. The molecule has 4 heteroatoms. The maximum absolute atomic E-state index is 6.28. The molecule has 0 radical (unpaired) electrons. The lowest BCUT2D eigenvalue weighted by molar-refractivity contribution is -0.0275. The molecule has 1 aromatic carbocycles. The Labute approximate surface area is 109 Å². The molecule has 1 fully saturated rings. The molecule has 3 rings (SSSR count). The monoisotopic (exact) mass is 297 g/mol. The van der Waals surface area contributed by atoms with E-state index in [0.29, 0.717) is 0 Å². The van der Waals surface area contributed by atoms with Gasteiger partial charge in [0.05, 0.1) is 12.7 Å². The van der Waals surface area contributed by atoms with Gasteiger partial charge in [-0.2, -0.15) is 0 Å². The van der Waals surface area contributed by atoms with E-state index in [0.717, 1.165) is 35.2 Å². The third-order valence-electron chi connectivity index (χ3n) is 3.88. The summed E-state index contributed by atoms with van der Waals surface area (Å²) in [6, 6.07) is 6.06. The number of rotatable bonds is 0. The molecule has 2 N–H and O–H groups in total. The number of hydrogen-bond acceptors (Lipinski definition) is 3. The van der Waals surface area contributed by atoms with Gasteiger partial charge in [-0.1, -0.05) is 15.9 Å². The lowest BCUT2D eigenvalue weighted by Crippen LogP contribution is -2.47. The minimum Gasteiger partial charge on any atom is -0.484 e. The van der Waals surface area contributed by atoms with Gasteiger partial charge in [0.1, 0.15) is 11.4 Å². The molecule has 3 atom stereocenters. The van der Waals surface area contributed by atoms with Crippen molar-refractivity contribution in [2.75, 3.05) is 6.61 Å². The highest BCUT2D eigenvalue weighted by atomic mass is 79.9. The van der Waals surface area contributed by atoms with Gasteiger partial charge in [0, 0.05) is 28.9 Å². The van der Waals surface area contributed by atoms with Gasteiger partial charge in [-0.15, -0.1) is 0 Å². The van der Waals surface area contributed by atoms with Crippen molar-refractivity contribution in [3.05, 3.63) is 28.2 Å². The second-order valence-corrected chi connectivity index (χ2v) is 5.84. The van der Waals surface area contributed by atoms with Crippen LogP contribution in [-0.2, 0) is 4.74 Å². The molecule has 2 aliphatic rings. The summed E-state index contributed by atoms with van der Waals surface area (Å²) in [4.78, 5) is 0. The molecule has 0 amide bonds. The van der Waals surface area contributed by atoms with Crippen LogP contribution in [0.5, 0.6) is 5.75 Å². The fourth-order valence-corrected chi connectivity index (χ4v) is 3.19. The highest BCUT2D eigenvalue weighted by molar-refractivity contribution is 9.10. The number of halogens is 1. The van der Waals surface area contributed by atoms with Gasteiger partial charge in [0.2, 0.25) is 0 Å². The van der Waals surface area contributed by atoms with E-state index in [4.69, 9.17) is 15.2 Å². The zero-order valence-electron chi connectivity index (χ0n) is 9.78. The Bertz CT molecular complexity index is 451. The molecule has 92 valence electrons. The van der Waals surface area contributed by atoms with Crippen molar-refractivity contribution in [1.82, 2.24) is 0 Å².